The Kier molecular flexibility index (Phi) is 6.37. The number of ether oxygens (including phenoxy) is 1. The molecular formula is C19H21NO4. The third kappa shape index (κ3) is 5.43. The zero-order valence-electron chi connectivity index (χ0n) is 13.8. The van der Waals surface area contributed by atoms with Gasteiger partial charge in [0, 0.05) is 6.08 Å². The summed E-state index contributed by atoms with van der Waals surface area (Å²) in [6.07, 6.45) is 4.97. The van der Waals surface area contributed by atoms with E-state index in [1.54, 1.807) is 12.1 Å². The van der Waals surface area contributed by atoms with Gasteiger partial charge in [-0.1, -0.05) is 36.8 Å². The number of rotatable bonds is 7. The number of esters is 1. The second kappa shape index (κ2) is 8.72. The first-order valence-corrected chi connectivity index (χ1v) is 7.82. The number of carbonyl (C=O) groups excluding carboxylic acids is 2. The summed E-state index contributed by atoms with van der Waals surface area (Å²) in [5, 5.41) is 2.87. The quantitative estimate of drug-likeness (QED) is 0.625. The van der Waals surface area contributed by atoms with Gasteiger partial charge in [-0.15, -0.1) is 0 Å². The van der Waals surface area contributed by atoms with Crippen molar-refractivity contribution in [2.24, 2.45) is 0 Å². The average molecular weight is 327 g/mol. The van der Waals surface area contributed by atoms with Crippen LogP contribution in [0.1, 0.15) is 36.3 Å². The standard InChI is InChI=1S/C19H21NO4/c1-3-17(15-8-6-14(2)7-9-15)20-18(21)13-24-19(22)11-10-16-5-4-12-23-16/h4-12,17H,3,13H2,1-2H3,(H,20,21)/b11-10+/t17-/m1/s1. The summed E-state index contributed by atoms with van der Waals surface area (Å²) >= 11 is 0. The molecular weight excluding hydrogens is 306 g/mol. The van der Waals surface area contributed by atoms with Gasteiger partial charge >= 0.3 is 5.97 Å². The lowest BCUT2D eigenvalue weighted by atomic mass is 10.0. The monoisotopic (exact) mass is 327 g/mol. The first-order valence-electron chi connectivity index (χ1n) is 7.82. The number of carbonyl (C=O) groups is 2. The first-order chi connectivity index (χ1) is 11.6. The molecule has 126 valence electrons. The fourth-order valence-electron chi connectivity index (χ4n) is 2.18. The summed E-state index contributed by atoms with van der Waals surface area (Å²) in [5.74, 6) is -0.381. The SMILES string of the molecule is CC[C@@H](NC(=O)COC(=O)/C=C/c1ccco1)c1ccc(C)cc1. The minimum absolute atomic E-state index is 0.101. The van der Waals surface area contributed by atoms with E-state index < -0.39 is 5.97 Å². The summed E-state index contributed by atoms with van der Waals surface area (Å²) in [5.41, 5.74) is 2.19. The second-order valence-corrected chi connectivity index (χ2v) is 5.40. The third-order valence-electron chi connectivity index (χ3n) is 3.50. The molecule has 0 spiro atoms. The molecule has 0 bridgehead atoms. The minimum Gasteiger partial charge on any atom is -0.465 e. The lowest BCUT2D eigenvalue weighted by Crippen LogP contribution is -2.32. The van der Waals surface area contributed by atoms with E-state index in [0.29, 0.717) is 5.76 Å². The molecule has 1 atom stereocenters. The number of amides is 1. The van der Waals surface area contributed by atoms with Gasteiger partial charge in [0.15, 0.2) is 6.61 Å². The van der Waals surface area contributed by atoms with Gasteiger partial charge in [-0.2, -0.15) is 0 Å². The molecule has 5 nitrogen and oxygen atoms in total. The summed E-state index contributed by atoms with van der Waals surface area (Å²) in [4.78, 5) is 23.5. The Morgan fingerprint density at radius 3 is 2.62 bits per heavy atom. The van der Waals surface area contributed by atoms with Crippen LogP contribution < -0.4 is 5.32 Å². The Bertz CT molecular complexity index is 687. The van der Waals surface area contributed by atoms with Crippen molar-refractivity contribution in [1.29, 1.82) is 0 Å². The van der Waals surface area contributed by atoms with E-state index in [-0.39, 0.29) is 18.6 Å². The van der Waals surface area contributed by atoms with Crippen LogP contribution in [-0.2, 0) is 14.3 Å². The van der Waals surface area contributed by atoms with E-state index in [0.717, 1.165) is 17.5 Å². The van der Waals surface area contributed by atoms with E-state index in [9.17, 15) is 9.59 Å². The molecule has 1 heterocycles. The molecule has 0 aliphatic rings. The Morgan fingerprint density at radius 1 is 1.25 bits per heavy atom. The highest BCUT2D eigenvalue weighted by Crippen LogP contribution is 2.16. The highest BCUT2D eigenvalue weighted by Gasteiger charge is 2.13. The summed E-state index contributed by atoms with van der Waals surface area (Å²) in [7, 11) is 0. The van der Waals surface area contributed by atoms with Gasteiger partial charge in [0.2, 0.25) is 0 Å². The Hall–Kier alpha value is -2.82. The average Bonchev–Trinajstić information content (AvgIpc) is 3.10. The molecule has 0 aliphatic heterocycles. The summed E-state index contributed by atoms with van der Waals surface area (Å²) < 4.78 is 9.98. The van der Waals surface area contributed by atoms with E-state index in [1.807, 2.05) is 38.1 Å². The molecule has 1 amide bonds. The van der Waals surface area contributed by atoms with Crippen LogP contribution >= 0.6 is 0 Å². The van der Waals surface area contributed by atoms with Crippen molar-refractivity contribution >= 4 is 18.0 Å². The number of furan rings is 1. The largest absolute Gasteiger partial charge is 0.465 e. The molecule has 0 saturated heterocycles. The maximum atomic E-state index is 12.0. The normalized spacial score (nSPS) is 12.1. The van der Waals surface area contributed by atoms with Gasteiger partial charge in [-0.3, -0.25) is 4.79 Å². The molecule has 0 aliphatic carbocycles. The van der Waals surface area contributed by atoms with Crippen molar-refractivity contribution in [1.82, 2.24) is 5.32 Å². The van der Waals surface area contributed by atoms with Crippen molar-refractivity contribution < 1.29 is 18.7 Å². The van der Waals surface area contributed by atoms with Gasteiger partial charge in [-0.25, -0.2) is 4.79 Å². The predicted molar refractivity (Wildman–Crippen MR) is 91.1 cm³/mol. The highest BCUT2D eigenvalue weighted by atomic mass is 16.5. The molecule has 0 fully saturated rings. The number of benzene rings is 1. The lowest BCUT2D eigenvalue weighted by molar-refractivity contribution is -0.144. The smallest absolute Gasteiger partial charge is 0.331 e. The fourth-order valence-corrected chi connectivity index (χ4v) is 2.18. The zero-order valence-corrected chi connectivity index (χ0v) is 13.8. The van der Waals surface area contributed by atoms with Crippen molar-refractivity contribution in [2.75, 3.05) is 6.61 Å². The van der Waals surface area contributed by atoms with E-state index >= 15 is 0 Å². The molecule has 0 unspecified atom stereocenters. The fraction of sp³-hybridized carbons (Fsp3) is 0.263. The van der Waals surface area contributed by atoms with Crippen LogP contribution in [0.25, 0.3) is 6.08 Å². The number of nitrogens with one attached hydrogen (secondary N) is 1. The summed E-state index contributed by atoms with van der Waals surface area (Å²) in [6, 6.07) is 11.3. The Labute approximate surface area is 141 Å². The van der Waals surface area contributed by atoms with Gasteiger partial charge < -0.3 is 14.5 Å². The van der Waals surface area contributed by atoms with E-state index in [2.05, 4.69) is 5.32 Å². The van der Waals surface area contributed by atoms with E-state index in [1.165, 1.54) is 18.4 Å². The van der Waals surface area contributed by atoms with Gasteiger partial charge in [0.05, 0.1) is 12.3 Å². The van der Waals surface area contributed by atoms with Crippen LogP contribution in [0.3, 0.4) is 0 Å². The number of hydrogen-bond acceptors (Lipinski definition) is 4. The van der Waals surface area contributed by atoms with Crippen LogP contribution in [0.5, 0.6) is 0 Å². The van der Waals surface area contributed by atoms with Crippen LogP contribution in [0.15, 0.2) is 53.2 Å². The molecule has 5 heteroatoms. The van der Waals surface area contributed by atoms with E-state index in [4.69, 9.17) is 9.15 Å². The van der Waals surface area contributed by atoms with Crippen LogP contribution in [0.4, 0.5) is 0 Å². The number of hydrogen-bond donors (Lipinski definition) is 1. The molecule has 1 N–H and O–H groups in total. The molecule has 2 aromatic rings. The van der Waals surface area contributed by atoms with Crippen molar-refractivity contribution in [2.45, 2.75) is 26.3 Å². The zero-order chi connectivity index (χ0) is 17.4. The van der Waals surface area contributed by atoms with Crippen molar-refractivity contribution in [3.63, 3.8) is 0 Å². The number of aryl methyl sites for hydroxylation is 1. The van der Waals surface area contributed by atoms with Crippen molar-refractivity contribution in [3.05, 3.63) is 65.6 Å². The maximum Gasteiger partial charge on any atom is 0.331 e. The van der Waals surface area contributed by atoms with Crippen LogP contribution in [0, 0.1) is 6.92 Å². The van der Waals surface area contributed by atoms with Gasteiger partial charge in [0.1, 0.15) is 5.76 Å². The topological polar surface area (TPSA) is 68.5 Å². The second-order valence-electron chi connectivity index (χ2n) is 5.40. The Balaban J connectivity index is 1.81. The Morgan fingerprint density at radius 2 is 2.00 bits per heavy atom. The molecule has 24 heavy (non-hydrogen) atoms. The van der Waals surface area contributed by atoms with Gasteiger partial charge in [-0.05, 0) is 37.1 Å². The predicted octanol–water partition coefficient (Wildman–Crippen LogP) is 3.41. The van der Waals surface area contributed by atoms with Crippen LogP contribution in [0.2, 0.25) is 0 Å². The molecule has 0 saturated carbocycles. The third-order valence-corrected chi connectivity index (χ3v) is 3.50. The molecule has 1 aromatic carbocycles. The lowest BCUT2D eigenvalue weighted by Gasteiger charge is -2.17. The molecule has 1 aromatic heterocycles. The molecule has 2 rings (SSSR count). The summed E-state index contributed by atoms with van der Waals surface area (Å²) in [6.45, 7) is 3.69. The molecule has 0 radical (unpaired) electrons. The highest BCUT2D eigenvalue weighted by molar-refractivity contribution is 5.89. The van der Waals surface area contributed by atoms with Crippen LogP contribution in [-0.4, -0.2) is 18.5 Å². The maximum absolute atomic E-state index is 12.0. The first kappa shape index (κ1) is 17.5. The van der Waals surface area contributed by atoms with Crippen molar-refractivity contribution in [3.8, 4) is 0 Å². The van der Waals surface area contributed by atoms with Gasteiger partial charge in [0.25, 0.3) is 5.91 Å². The minimum atomic E-state index is -0.593.